The van der Waals surface area contributed by atoms with Crippen LogP contribution in [-0.4, -0.2) is 34.2 Å². The van der Waals surface area contributed by atoms with Crippen molar-refractivity contribution in [3.05, 3.63) is 77.5 Å². The molecule has 0 amide bonds. The van der Waals surface area contributed by atoms with Gasteiger partial charge < -0.3 is 13.9 Å². The lowest BCUT2D eigenvalue weighted by atomic mass is 9.55. The second-order valence-corrected chi connectivity index (χ2v) is 10.8. The van der Waals surface area contributed by atoms with Gasteiger partial charge in [-0.3, -0.25) is 13.8 Å². The molecule has 3 aliphatic rings. The van der Waals surface area contributed by atoms with Crippen molar-refractivity contribution >= 4 is 22.4 Å². The molecule has 0 spiro atoms. The van der Waals surface area contributed by atoms with Crippen LogP contribution < -0.4 is 0 Å². The maximum atomic E-state index is 14.5. The summed E-state index contributed by atoms with van der Waals surface area (Å²) in [5.74, 6) is -1.11. The van der Waals surface area contributed by atoms with Crippen LogP contribution in [0.2, 0.25) is 0 Å². The average molecular weight is 467 g/mol. The third-order valence-electron chi connectivity index (χ3n) is 7.46. The van der Waals surface area contributed by atoms with Crippen LogP contribution in [0.5, 0.6) is 0 Å². The van der Waals surface area contributed by atoms with Gasteiger partial charge in [-0.2, -0.15) is 0 Å². The van der Waals surface area contributed by atoms with E-state index in [-0.39, 0.29) is 23.4 Å². The molecule has 5 rings (SSSR count). The van der Waals surface area contributed by atoms with Crippen LogP contribution in [0.1, 0.15) is 37.0 Å². The van der Waals surface area contributed by atoms with Crippen molar-refractivity contribution in [2.24, 2.45) is 11.3 Å². The molecule has 0 saturated carbocycles. The first-order valence-corrected chi connectivity index (χ1v) is 12.1. The second kappa shape index (κ2) is 7.92. The number of hydrogen-bond acceptors (Lipinski definition) is 6. The normalized spacial score (nSPS) is 32.3. The maximum absolute atomic E-state index is 14.5. The zero-order valence-corrected chi connectivity index (χ0v) is 19.6. The average Bonchev–Trinajstić information content (AvgIpc) is 3.36. The monoisotopic (exact) mass is 466 g/mol. The number of Topliss-reactive ketones (excluding diaryl/α,β-unsaturated/α-hetero) is 1. The summed E-state index contributed by atoms with van der Waals surface area (Å²) in [6, 6.07) is 9.16. The zero-order chi connectivity index (χ0) is 23.4. The molecule has 0 radical (unpaired) electrons. The van der Waals surface area contributed by atoms with Gasteiger partial charge >= 0.3 is 0 Å². The highest BCUT2D eigenvalue weighted by Gasteiger charge is 2.70. The quantitative estimate of drug-likeness (QED) is 0.627. The number of allylic oxidation sites excluding steroid dienone is 3. The number of methoxy groups -OCH3 is 1. The maximum Gasteiger partial charge on any atom is 0.218 e. The van der Waals surface area contributed by atoms with E-state index >= 15 is 0 Å². The van der Waals surface area contributed by atoms with Crippen molar-refractivity contribution in [1.82, 2.24) is 0 Å². The number of hydrogen-bond donors (Lipinski definition) is 0. The molecule has 1 aromatic carbocycles. The molecule has 0 N–H and O–H groups in total. The predicted octanol–water partition coefficient (Wildman–Crippen LogP) is 4.23. The van der Waals surface area contributed by atoms with Crippen LogP contribution in [0.25, 0.3) is 0 Å². The number of aryl methyl sites for hydroxylation is 1. The van der Waals surface area contributed by atoms with Gasteiger partial charge in [0.25, 0.3) is 0 Å². The molecule has 1 aromatic heterocycles. The fourth-order valence-corrected chi connectivity index (χ4v) is 7.68. The smallest absolute Gasteiger partial charge is 0.218 e. The summed E-state index contributed by atoms with van der Waals surface area (Å²) in [6.45, 7) is 4.03. The third-order valence-corrected chi connectivity index (χ3v) is 9.67. The van der Waals surface area contributed by atoms with Crippen LogP contribution in [0.4, 0.5) is 0 Å². The molecule has 2 aliphatic carbocycles. The lowest BCUT2D eigenvalue weighted by molar-refractivity contribution is -0.140. The Bertz CT molecular complexity index is 1190. The van der Waals surface area contributed by atoms with E-state index < -0.39 is 26.9 Å². The Morgan fingerprint density at radius 2 is 1.91 bits per heavy atom. The molecule has 33 heavy (non-hydrogen) atoms. The summed E-state index contributed by atoms with van der Waals surface area (Å²) in [5.41, 5.74) is 1.62. The molecule has 6 nitrogen and oxygen atoms in total. The number of furan rings is 1. The van der Waals surface area contributed by atoms with Crippen molar-refractivity contribution in [1.29, 1.82) is 0 Å². The first kappa shape index (κ1) is 22.0. The number of benzene rings is 1. The molecule has 1 saturated heterocycles. The standard InChI is InChI=1S/C26H26O6S/c1-16-4-6-19(7-5-16)33(29)26-20-12-21(18-9-11-31-14-18)32-15-17(20)8-10-25(26,2)23(27)13-22(30-3)24(26)28/h4-9,11,13-14,20-21H,10,12,15H2,1-3H3/t20-,21+,25-,26-,33?/m0/s1. The number of rotatable bonds is 4. The number of carbonyl (C=O) groups is 2. The van der Waals surface area contributed by atoms with E-state index in [1.807, 2.05) is 31.2 Å². The topological polar surface area (TPSA) is 82.8 Å². The molecule has 172 valence electrons. The van der Waals surface area contributed by atoms with Crippen LogP contribution in [0.15, 0.2) is 75.7 Å². The van der Waals surface area contributed by atoms with Gasteiger partial charge in [0.05, 0.1) is 48.6 Å². The van der Waals surface area contributed by atoms with E-state index in [1.165, 1.54) is 13.2 Å². The fraction of sp³-hybridized carbons (Fsp3) is 0.385. The number of carbonyl (C=O) groups excluding carboxylic acids is 2. The molecular formula is C26H26O6S. The SMILES string of the molecule is COC1=CC(=O)[C@]2(C)CC=C3CO[C@@H](c4ccoc4)C[C@@H]3[C@]2(S(=O)c2ccc(C)cc2)C1=O. The van der Waals surface area contributed by atoms with Gasteiger partial charge in [0.15, 0.2) is 11.5 Å². The van der Waals surface area contributed by atoms with Crippen molar-refractivity contribution < 1.29 is 27.7 Å². The summed E-state index contributed by atoms with van der Waals surface area (Å²) in [7, 11) is -0.444. The van der Waals surface area contributed by atoms with Gasteiger partial charge in [-0.25, -0.2) is 0 Å². The summed E-state index contributed by atoms with van der Waals surface area (Å²) in [5, 5.41) is 0. The fourth-order valence-electron chi connectivity index (χ4n) is 5.56. The van der Waals surface area contributed by atoms with E-state index in [0.29, 0.717) is 24.3 Å². The first-order valence-electron chi connectivity index (χ1n) is 11.0. The molecule has 1 fully saturated rings. The number of fused-ring (bicyclic) bond motifs is 3. The summed E-state index contributed by atoms with van der Waals surface area (Å²) >= 11 is 0. The van der Waals surface area contributed by atoms with Crippen molar-refractivity contribution in [2.75, 3.05) is 13.7 Å². The Balaban J connectivity index is 1.73. The van der Waals surface area contributed by atoms with Crippen molar-refractivity contribution in [3.8, 4) is 0 Å². The molecule has 2 heterocycles. The minimum Gasteiger partial charge on any atom is -0.493 e. The summed E-state index contributed by atoms with van der Waals surface area (Å²) < 4.78 is 29.7. The lowest BCUT2D eigenvalue weighted by Gasteiger charge is -2.55. The highest BCUT2D eigenvalue weighted by atomic mass is 32.2. The van der Waals surface area contributed by atoms with Crippen LogP contribution in [0.3, 0.4) is 0 Å². The molecule has 1 aliphatic heterocycles. The summed E-state index contributed by atoms with van der Waals surface area (Å²) in [4.78, 5) is 28.2. The van der Waals surface area contributed by atoms with Gasteiger partial charge in [0, 0.05) is 22.5 Å². The third kappa shape index (κ3) is 3.05. The lowest BCUT2D eigenvalue weighted by Crippen LogP contribution is -2.68. The Labute approximate surface area is 195 Å². The van der Waals surface area contributed by atoms with Crippen molar-refractivity contribution in [3.63, 3.8) is 0 Å². The highest BCUT2D eigenvalue weighted by Crippen LogP contribution is 2.59. The van der Waals surface area contributed by atoms with Gasteiger partial charge in [-0.05, 0) is 43.5 Å². The predicted molar refractivity (Wildman–Crippen MR) is 122 cm³/mol. The van der Waals surface area contributed by atoms with Crippen LogP contribution in [0, 0.1) is 18.3 Å². The van der Waals surface area contributed by atoms with Crippen molar-refractivity contribution in [2.45, 2.75) is 42.4 Å². The van der Waals surface area contributed by atoms with E-state index in [4.69, 9.17) is 13.9 Å². The van der Waals surface area contributed by atoms with Gasteiger partial charge in [-0.15, -0.1) is 0 Å². The summed E-state index contributed by atoms with van der Waals surface area (Å²) in [6.07, 6.45) is 6.87. The number of ether oxygens (including phenoxy) is 2. The Hall–Kier alpha value is -2.77. The minimum atomic E-state index is -1.82. The molecule has 7 heteroatoms. The molecule has 0 bridgehead atoms. The van der Waals surface area contributed by atoms with Gasteiger partial charge in [-0.1, -0.05) is 30.7 Å². The van der Waals surface area contributed by atoms with E-state index in [2.05, 4.69) is 0 Å². The van der Waals surface area contributed by atoms with Gasteiger partial charge in [0.2, 0.25) is 5.78 Å². The molecular weight excluding hydrogens is 440 g/mol. The van der Waals surface area contributed by atoms with Gasteiger partial charge in [0.1, 0.15) is 4.75 Å². The Morgan fingerprint density at radius 1 is 1.15 bits per heavy atom. The largest absolute Gasteiger partial charge is 0.493 e. The number of ketones is 2. The minimum absolute atomic E-state index is 0.0365. The van der Waals surface area contributed by atoms with E-state index in [1.54, 1.807) is 31.6 Å². The molecule has 2 aromatic rings. The highest BCUT2D eigenvalue weighted by molar-refractivity contribution is 7.87. The van der Waals surface area contributed by atoms with E-state index in [0.717, 1.165) is 16.7 Å². The second-order valence-electron chi connectivity index (χ2n) is 9.18. The zero-order valence-electron chi connectivity index (χ0n) is 18.8. The molecule has 5 atom stereocenters. The van der Waals surface area contributed by atoms with Crippen LogP contribution >= 0.6 is 0 Å². The first-order chi connectivity index (χ1) is 15.8. The Kier molecular flexibility index (Phi) is 5.29. The van der Waals surface area contributed by atoms with E-state index in [9.17, 15) is 13.8 Å². The van der Waals surface area contributed by atoms with Crippen LogP contribution in [-0.2, 0) is 29.9 Å². The Morgan fingerprint density at radius 3 is 2.58 bits per heavy atom. The molecule has 1 unspecified atom stereocenters.